The fourth-order valence-electron chi connectivity index (χ4n) is 3.15. The summed E-state index contributed by atoms with van der Waals surface area (Å²) in [5.41, 5.74) is 6.02. The second-order valence-corrected chi connectivity index (χ2v) is 8.61. The number of thiophene rings is 2. The molecule has 0 saturated carbocycles. The minimum atomic E-state index is -4.63. The first-order chi connectivity index (χ1) is 14.3. The molecule has 0 saturated heterocycles. The standard InChI is InChI=1S/C21H16F3N3OS2/c1-11(12-6-3-2-4-7-12)26-19(28)18-17(25)16-13(21(22,23)24)10-14(27-20(16)30-18)15-8-5-9-29-15/h2-11H,25H2,1H3,(H,26,28)/t11-/m0/s1. The molecule has 3 heterocycles. The Morgan fingerprint density at radius 1 is 1.17 bits per heavy atom. The van der Waals surface area contributed by atoms with Crippen LogP contribution in [0.25, 0.3) is 20.8 Å². The number of alkyl halides is 3. The van der Waals surface area contributed by atoms with Gasteiger partial charge < -0.3 is 11.1 Å². The summed E-state index contributed by atoms with van der Waals surface area (Å²) >= 11 is 2.16. The lowest BCUT2D eigenvalue weighted by atomic mass is 10.1. The number of nitrogen functional groups attached to an aromatic ring is 1. The van der Waals surface area contributed by atoms with E-state index in [0.717, 1.165) is 23.0 Å². The van der Waals surface area contributed by atoms with Crippen molar-refractivity contribution in [3.8, 4) is 10.6 Å². The van der Waals surface area contributed by atoms with E-state index in [1.165, 1.54) is 11.3 Å². The molecule has 0 unspecified atom stereocenters. The highest BCUT2D eigenvalue weighted by Gasteiger charge is 2.36. The van der Waals surface area contributed by atoms with Crippen molar-refractivity contribution in [1.82, 2.24) is 10.3 Å². The van der Waals surface area contributed by atoms with Crippen LogP contribution in [-0.4, -0.2) is 10.9 Å². The van der Waals surface area contributed by atoms with Gasteiger partial charge in [-0.25, -0.2) is 4.98 Å². The predicted molar refractivity (Wildman–Crippen MR) is 115 cm³/mol. The predicted octanol–water partition coefficient (Wildman–Crippen LogP) is 6.12. The molecule has 9 heteroatoms. The molecule has 0 aliphatic heterocycles. The van der Waals surface area contributed by atoms with Crippen LogP contribution in [0.1, 0.15) is 33.8 Å². The largest absolute Gasteiger partial charge is 0.417 e. The highest BCUT2D eigenvalue weighted by atomic mass is 32.1. The second kappa shape index (κ2) is 7.73. The van der Waals surface area contributed by atoms with E-state index in [2.05, 4.69) is 10.3 Å². The van der Waals surface area contributed by atoms with Gasteiger partial charge in [0.05, 0.1) is 27.9 Å². The highest BCUT2D eigenvalue weighted by Crippen LogP contribution is 2.44. The molecule has 0 aliphatic carbocycles. The molecule has 0 bridgehead atoms. The van der Waals surface area contributed by atoms with E-state index >= 15 is 0 Å². The number of aromatic nitrogens is 1. The Labute approximate surface area is 178 Å². The number of nitrogens with two attached hydrogens (primary N) is 1. The first-order valence-electron chi connectivity index (χ1n) is 8.95. The van der Waals surface area contributed by atoms with E-state index < -0.39 is 17.6 Å². The van der Waals surface area contributed by atoms with Crippen LogP contribution in [0.2, 0.25) is 0 Å². The molecular weight excluding hydrogens is 431 g/mol. The van der Waals surface area contributed by atoms with Crippen LogP contribution in [0.3, 0.4) is 0 Å². The van der Waals surface area contributed by atoms with Gasteiger partial charge in [0.25, 0.3) is 5.91 Å². The zero-order valence-electron chi connectivity index (χ0n) is 15.7. The molecule has 1 aromatic carbocycles. The zero-order valence-corrected chi connectivity index (χ0v) is 17.3. The van der Waals surface area contributed by atoms with E-state index in [4.69, 9.17) is 5.73 Å². The summed E-state index contributed by atoms with van der Waals surface area (Å²) in [6.45, 7) is 1.80. The summed E-state index contributed by atoms with van der Waals surface area (Å²) in [4.78, 5) is 17.9. The summed E-state index contributed by atoms with van der Waals surface area (Å²) in [5, 5.41) is 4.33. The third kappa shape index (κ3) is 3.78. The van der Waals surface area contributed by atoms with Crippen molar-refractivity contribution < 1.29 is 18.0 Å². The fourth-order valence-corrected chi connectivity index (χ4v) is 4.86. The second-order valence-electron chi connectivity index (χ2n) is 6.66. The molecule has 4 nitrogen and oxygen atoms in total. The first-order valence-corrected chi connectivity index (χ1v) is 10.6. The summed E-state index contributed by atoms with van der Waals surface area (Å²) in [6, 6.07) is 13.4. The summed E-state index contributed by atoms with van der Waals surface area (Å²) < 4.78 is 41.4. The number of carbonyl (C=O) groups is 1. The topological polar surface area (TPSA) is 68.0 Å². The number of rotatable bonds is 4. The van der Waals surface area contributed by atoms with Crippen LogP contribution in [0, 0.1) is 0 Å². The Morgan fingerprint density at radius 2 is 1.90 bits per heavy atom. The quantitative estimate of drug-likeness (QED) is 0.396. The van der Waals surface area contributed by atoms with Crippen LogP contribution in [0.15, 0.2) is 53.9 Å². The molecule has 1 amide bonds. The third-order valence-electron chi connectivity index (χ3n) is 4.63. The van der Waals surface area contributed by atoms with Crippen molar-refractivity contribution in [3.05, 3.63) is 69.9 Å². The van der Waals surface area contributed by atoms with Gasteiger partial charge in [-0.3, -0.25) is 4.79 Å². The van der Waals surface area contributed by atoms with Crippen LogP contribution in [-0.2, 0) is 6.18 Å². The number of pyridine rings is 1. The molecule has 3 aromatic heterocycles. The van der Waals surface area contributed by atoms with E-state index in [1.807, 2.05) is 30.3 Å². The number of fused-ring (bicyclic) bond motifs is 1. The Hall–Kier alpha value is -2.91. The normalized spacial score (nSPS) is 12.8. The molecule has 4 rings (SSSR count). The van der Waals surface area contributed by atoms with Gasteiger partial charge in [-0.15, -0.1) is 22.7 Å². The Morgan fingerprint density at radius 3 is 2.53 bits per heavy atom. The van der Waals surface area contributed by atoms with Crippen molar-refractivity contribution in [2.75, 3.05) is 5.73 Å². The smallest absolute Gasteiger partial charge is 0.397 e. The lowest BCUT2D eigenvalue weighted by Crippen LogP contribution is -2.26. The number of halogens is 3. The number of hydrogen-bond acceptors (Lipinski definition) is 5. The minimum Gasteiger partial charge on any atom is -0.397 e. The summed E-state index contributed by atoms with van der Waals surface area (Å²) in [5.74, 6) is -0.530. The van der Waals surface area contributed by atoms with Gasteiger partial charge in [-0.05, 0) is 30.0 Å². The lowest BCUT2D eigenvalue weighted by Gasteiger charge is -2.14. The average molecular weight is 448 g/mol. The van der Waals surface area contributed by atoms with Gasteiger partial charge >= 0.3 is 6.18 Å². The maximum Gasteiger partial charge on any atom is 0.417 e. The number of hydrogen-bond donors (Lipinski definition) is 2. The fraction of sp³-hybridized carbons (Fsp3) is 0.143. The van der Waals surface area contributed by atoms with Crippen LogP contribution in [0.4, 0.5) is 18.9 Å². The van der Waals surface area contributed by atoms with E-state index in [9.17, 15) is 18.0 Å². The Kier molecular flexibility index (Phi) is 5.25. The van der Waals surface area contributed by atoms with E-state index in [-0.39, 0.29) is 32.5 Å². The molecule has 3 N–H and O–H groups in total. The first kappa shape index (κ1) is 20.4. The van der Waals surface area contributed by atoms with Gasteiger partial charge in [-0.2, -0.15) is 13.2 Å². The number of amides is 1. The van der Waals surface area contributed by atoms with Crippen molar-refractivity contribution in [2.45, 2.75) is 19.1 Å². The van der Waals surface area contributed by atoms with Gasteiger partial charge in [0.1, 0.15) is 9.71 Å². The average Bonchev–Trinajstić information content (AvgIpc) is 3.36. The summed E-state index contributed by atoms with van der Waals surface area (Å²) in [6.07, 6.45) is -4.63. The maximum atomic E-state index is 13.8. The van der Waals surface area contributed by atoms with Crippen LogP contribution >= 0.6 is 22.7 Å². The molecule has 0 fully saturated rings. The molecule has 30 heavy (non-hydrogen) atoms. The minimum absolute atomic E-state index is 0.0223. The molecule has 0 radical (unpaired) electrons. The van der Waals surface area contributed by atoms with Crippen molar-refractivity contribution in [2.24, 2.45) is 0 Å². The third-order valence-corrected chi connectivity index (χ3v) is 6.62. The molecule has 0 spiro atoms. The summed E-state index contributed by atoms with van der Waals surface area (Å²) in [7, 11) is 0. The van der Waals surface area contributed by atoms with Gasteiger partial charge in [0, 0.05) is 5.39 Å². The molecule has 1 atom stereocenters. The van der Waals surface area contributed by atoms with E-state index in [1.54, 1.807) is 24.4 Å². The zero-order chi connectivity index (χ0) is 21.5. The van der Waals surface area contributed by atoms with Crippen molar-refractivity contribution in [3.63, 3.8) is 0 Å². The van der Waals surface area contributed by atoms with Gasteiger partial charge in [0.15, 0.2) is 0 Å². The monoisotopic (exact) mass is 447 g/mol. The maximum absolute atomic E-state index is 13.8. The van der Waals surface area contributed by atoms with Gasteiger partial charge in [0.2, 0.25) is 0 Å². The van der Waals surface area contributed by atoms with Crippen LogP contribution in [0.5, 0.6) is 0 Å². The number of carbonyl (C=O) groups excluding carboxylic acids is 1. The van der Waals surface area contributed by atoms with Crippen LogP contribution < -0.4 is 11.1 Å². The number of anilines is 1. The lowest BCUT2D eigenvalue weighted by molar-refractivity contribution is -0.136. The molecular formula is C21H16F3N3OS2. The molecule has 154 valence electrons. The molecule has 0 aliphatic rings. The van der Waals surface area contributed by atoms with Crippen molar-refractivity contribution in [1.29, 1.82) is 0 Å². The van der Waals surface area contributed by atoms with Gasteiger partial charge in [-0.1, -0.05) is 36.4 Å². The Balaban J connectivity index is 1.78. The van der Waals surface area contributed by atoms with E-state index in [0.29, 0.717) is 4.88 Å². The van der Waals surface area contributed by atoms with Crippen molar-refractivity contribution >= 4 is 44.5 Å². The molecule has 4 aromatic rings. The Bertz CT molecular complexity index is 1200. The SMILES string of the molecule is C[C@H](NC(=O)c1sc2nc(-c3cccs3)cc(C(F)(F)F)c2c1N)c1ccccc1. The number of nitrogens with one attached hydrogen (secondary N) is 1. The highest BCUT2D eigenvalue weighted by molar-refractivity contribution is 7.21. The number of nitrogens with zero attached hydrogens (tertiary/aromatic N) is 1. The number of benzene rings is 1.